The van der Waals surface area contributed by atoms with Crippen LogP contribution < -0.4 is 16.4 Å². The van der Waals surface area contributed by atoms with E-state index in [9.17, 15) is 24.6 Å². The van der Waals surface area contributed by atoms with Gasteiger partial charge in [-0.25, -0.2) is 19.7 Å². The van der Waals surface area contributed by atoms with Crippen molar-refractivity contribution in [3.8, 4) is 0 Å². The van der Waals surface area contributed by atoms with Crippen LogP contribution in [0.3, 0.4) is 0 Å². The van der Waals surface area contributed by atoms with Gasteiger partial charge < -0.3 is 41.0 Å². The minimum Gasteiger partial charge on any atom is -0.448 e. The lowest BCUT2D eigenvalue weighted by Gasteiger charge is -2.32. The number of nitrogen functional groups attached to an aromatic ring is 1. The predicted octanol–water partition coefficient (Wildman–Crippen LogP) is 0.250. The summed E-state index contributed by atoms with van der Waals surface area (Å²) < 4.78 is 12.6. The second-order valence-electron chi connectivity index (χ2n) is 11.4. The number of anilines is 1. The average molecular weight is 603 g/mol. The number of β-lactam (4-membered cyclic amide) rings is 1. The number of nitrogens with one attached hydrogen (secondary N) is 2. The zero-order chi connectivity index (χ0) is 30.7. The van der Waals surface area contributed by atoms with E-state index in [0.29, 0.717) is 49.0 Å². The maximum Gasteiger partial charge on any atom is 0.409 e. The number of aliphatic hydroxyl groups excluding tert-OH is 2. The summed E-state index contributed by atoms with van der Waals surface area (Å²) in [5.74, 6) is 0.413. The van der Waals surface area contributed by atoms with Gasteiger partial charge in [-0.1, -0.05) is 13.8 Å². The number of hydrogen-bond donors (Lipinski definition) is 5. The van der Waals surface area contributed by atoms with Crippen molar-refractivity contribution in [3.63, 3.8) is 0 Å². The number of hydrogen-bond acceptors (Lipinski definition) is 11. The van der Waals surface area contributed by atoms with Crippen molar-refractivity contribution < 1.29 is 34.1 Å². The molecule has 2 unspecified atom stereocenters. The molecule has 3 amide bonds. The first-order chi connectivity index (χ1) is 20.8. The van der Waals surface area contributed by atoms with Gasteiger partial charge in [-0.3, -0.25) is 14.2 Å². The molecular weight excluding hydrogens is 560 g/mol. The Morgan fingerprint density at radius 1 is 1.16 bits per heavy atom. The van der Waals surface area contributed by atoms with Gasteiger partial charge in [-0.05, 0) is 44.4 Å². The van der Waals surface area contributed by atoms with Crippen LogP contribution in [0.1, 0.15) is 64.4 Å². The van der Waals surface area contributed by atoms with E-state index in [0.717, 1.165) is 38.5 Å². The second-order valence-corrected chi connectivity index (χ2v) is 11.4. The van der Waals surface area contributed by atoms with Gasteiger partial charge in [-0.15, -0.1) is 0 Å². The van der Waals surface area contributed by atoms with Gasteiger partial charge in [0.2, 0.25) is 5.91 Å². The van der Waals surface area contributed by atoms with Crippen LogP contribution in [0.2, 0.25) is 0 Å². The average Bonchev–Trinajstić information content (AvgIpc) is 3.64. The Kier molecular flexibility index (Phi) is 9.62. The Labute approximate surface area is 249 Å². The van der Waals surface area contributed by atoms with Gasteiger partial charge in [0.1, 0.15) is 30.2 Å². The molecule has 4 fully saturated rings. The molecule has 6 N–H and O–H groups in total. The molecule has 5 heterocycles. The van der Waals surface area contributed by atoms with E-state index in [2.05, 4.69) is 25.6 Å². The molecule has 4 aliphatic rings. The Hall–Kier alpha value is -3.56. The number of aryl methyl sites for hydroxylation is 1. The number of amides is 3. The van der Waals surface area contributed by atoms with Crippen molar-refractivity contribution in [2.45, 2.75) is 89.4 Å². The fourth-order valence-electron chi connectivity index (χ4n) is 5.58. The lowest BCUT2D eigenvalue weighted by atomic mass is 9.91. The summed E-state index contributed by atoms with van der Waals surface area (Å²) in [5, 5.41) is 26.6. The highest BCUT2D eigenvalue weighted by molar-refractivity contribution is 5.85. The fourth-order valence-corrected chi connectivity index (χ4v) is 5.58. The monoisotopic (exact) mass is 602 g/mol. The summed E-state index contributed by atoms with van der Waals surface area (Å²) in [5.41, 5.74) is 6.88. The first kappa shape index (κ1) is 30.9. The zero-order valence-electron chi connectivity index (χ0n) is 24.6. The van der Waals surface area contributed by atoms with Crippen LogP contribution >= 0.6 is 0 Å². The van der Waals surface area contributed by atoms with Crippen LogP contribution in [0.4, 0.5) is 10.6 Å². The molecule has 15 nitrogen and oxygen atoms in total. The van der Waals surface area contributed by atoms with Crippen LogP contribution in [-0.4, -0.2) is 103 Å². The molecule has 0 radical (unpaired) electrons. The predicted molar refractivity (Wildman–Crippen MR) is 153 cm³/mol. The molecule has 43 heavy (non-hydrogen) atoms. The van der Waals surface area contributed by atoms with Crippen LogP contribution in [0.15, 0.2) is 6.33 Å². The number of likely N-dealkylation sites (tertiary alicyclic amines) is 1. The van der Waals surface area contributed by atoms with Gasteiger partial charge in [0.15, 0.2) is 23.8 Å². The molecule has 3 aliphatic heterocycles. The molecular formula is C28H42N8O7. The number of aliphatic hydroxyl groups is 2. The molecule has 2 aromatic rings. The van der Waals surface area contributed by atoms with Crippen molar-refractivity contribution in [1.82, 2.24) is 35.1 Å². The van der Waals surface area contributed by atoms with Gasteiger partial charge in [-0.2, -0.15) is 0 Å². The number of nitrogens with two attached hydrogens (primary N) is 1. The van der Waals surface area contributed by atoms with E-state index in [-0.39, 0.29) is 36.4 Å². The second kappa shape index (κ2) is 13.4. The third kappa shape index (κ3) is 6.83. The minimum atomic E-state index is -1.40. The highest BCUT2D eigenvalue weighted by Gasteiger charge is 2.48. The molecule has 3 saturated heterocycles. The zero-order valence-corrected chi connectivity index (χ0v) is 24.6. The minimum absolute atomic E-state index is 0.0732. The summed E-state index contributed by atoms with van der Waals surface area (Å²) in [6, 6.07) is 0.0929. The third-order valence-electron chi connectivity index (χ3n) is 8.38. The van der Waals surface area contributed by atoms with Crippen molar-refractivity contribution in [2.75, 3.05) is 32.0 Å². The first-order valence-corrected chi connectivity index (χ1v) is 15.3. The molecule has 0 bridgehead atoms. The van der Waals surface area contributed by atoms with E-state index in [1.165, 1.54) is 10.9 Å². The van der Waals surface area contributed by atoms with Gasteiger partial charge in [0.25, 0.3) is 5.91 Å². The number of carbonyl (C=O) groups is 3. The number of carbonyl (C=O) groups excluding carboxylic acids is 3. The molecule has 6 rings (SSSR count). The molecule has 15 heteroatoms. The van der Waals surface area contributed by atoms with E-state index in [1.807, 2.05) is 13.8 Å². The third-order valence-corrected chi connectivity index (χ3v) is 8.38. The maximum absolute atomic E-state index is 12.5. The number of imidazole rings is 1. The van der Waals surface area contributed by atoms with Gasteiger partial charge in [0, 0.05) is 32.1 Å². The standard InChI is InChI=1S/C26H36N8O7.C2H6/c27-21-17-22(34(12-29-17)25-19(36)18(35)20(41-25)24(38)30-15-4-5-15)32-16(31-21)3-1-2-13-6-8-33(9-7-13)26(39)40-11-14-10-28-23(14)37;1-2/h12-15,18-20,25,35-36H,1-11H2,(H,28,37)(H,30,38)(H2,27,31,32);1-2H3/t14?,18-,19?,20+,25-;/m1./s1. The van der Waals surface area contributed by atoms with Gasteiger partial charge >= 0.3 is 6.09 Å². The SMILES string of the molecule is CC.Nc1nc(CCCC2CCN(C(=O)OCC3CNC3=O)CC2)nc2c1ncn2[C@@H]1O[C@H](C(=O)NC2CC2)[C@H](O)C1O. The van der Waals surface area contributed by atoms with Crippen molar-refractivity contribution in [2.24, 2.45) is 11.8 Å². The molecule has 236 valence electrons. The smallest absolute Gasteiger partial charge is 0.409 e. The Morgan fingerprint density at radius 2 is 1.91 bits per heavy atom. The summed E-state index contributed by atoms with van der Waals surface area (Å²) in [6.07, 6.45) is 1.86. The van der Waals surface area contributed by atoms with Crippen LogP contribution in [0.25, 0.3) is 11.2 Å². The Balaban J connectivity index is 0.00000180. The fraction of sp³-hybridized carbons (Fsp3) is 0.714. The molecule has 0 spiro atoms. The van der Waals surface area contributed by atoms with Gasteiger partial charge in [0.05, 0.1) is 12.2 Å². The molecule has 0 aromatic carbocycles. The van der Waals surface area contributed by atoms with Crippen LogP contribution in [0, 0.1) is 11.8 Å². The number of ether oxygens (including phenoxy) is 2. The number of piperidine rings is 1. The normalized spacial score (nSPS) is 27.2. The summed E-state index contributed by atoms with van der Waals surface area (Å²) in [6.45, 7) is 5.91. The quantitative estimate of drug-likeness (QED) is 0.246. The topological polar surface area (TPSA) is 207 Å². The number of aromatic nitrogens is 4. The summed E-state index contributed by atoms with van der Waals surface area (Å²) >= 11 is 0. The van der Waals surface area contributed by atoms with E-state index in [4.69, 9.17) is 15.2 Å². The maximum atomic E-state index is 12.5. The van der Waals surface area contributed by atoms with E-state index < -0.39 is 30.4 Å². The van der Waals surface area contributed by atoms with Crippen molar-refractivity contribution >= 4 is 34.9 Å². The van der Waals surface area contributed by atoms with E-state index >= 15 is 0 Å². The molecule has 1 aliphatic carbocycles. The summed E-state index contributed by atoms with van der Waals surface area (Å²) in [7, 11) is 0. The summed E-state index contributed by atoms with van der Waals surface area (Å²) in [4.78, 5) is 51.1. The largest absolute Gasteiger partial charge is 0.448 e. The lowest BCUT2D eigenvalue weighted by Crippen LogP contribution is -2.51. The highest BCUT2D eigenvalue weighted by atomic mass is 16.6. The van der Waals surface area contributed by atoms with Crippen molar-refractivity contribution in [1.29, 1.82) is 0 Å². The molecule has 5 atom stereocenters. The lowest BCUT2D eigenvalue weighted by molar-refractivity contribution is -0.137. The number of nitrogens with zero attached hydrogens (tertiary/aromatic N) is 5. The Bertz CT molecular complexity index is 1310. The number of rotatable bonds is 9. The molecule has 1 saturated carbocycles. The van der Waals surface area contributed by atoms with Crippen LogP contribution in [-0.2, 0) is 25.5 Å². The van der Waals surface area contributed by atoms with Crippen LogP contribution in [0.5, 0.6) is 0 Å². The first-order valence-electron chi connectivity index (χ1n) is 15.3. The van der Waals surface area contributed by atoms with Crippen molar-refractivity contribution in [3.05, 3.63) is 12.2 Å². The van der Waals surface area contributed by atoms with E-state index in [1.54, 1.807) is 4.90 Å². The Morgan fingerprint density at radius 3 is 2.56 bits per heavy atom. The molecule has 2 aromatic heterocycles. The number of fused-ring (bicyclic) bond motifs is 1. The highest BCUT2D eigenvalue weighted by Crippen LogP contribution is 2.33.